The number of halogens is 1. The number of rotatable bonds is 2. The fourth-order valence-electron chi connectivity index (χ4n) is 2.42. The van der Waals surface area contributed by atoms with Crippen LogP contribution in [-0.2, 0) is 6.42 Å². The Labute approximate surface area is 110 Å². The van der Waals surface area contributed by atoms with Crippen molar-refractivity contribution < 1.29 is 5.11 Å². The monoisotopic (exact) mass is 260 g/mol. The predicted octanol–water partition coefficient (Wildman–Crippen LogP) is 3.54. The summed E-state index contributed by atoms with van der Waals surface area (Å²) in [4.78, 5) is 4.05. The van der Waals surface area contributed by atoms with Gasteiger partial charge in [0, 0.05) is 0 Å². The first-order valence-electron chi connectivity index (χ1n) is 5.92. The van der Waals surface area contributed by atoms with Gasteiger partial charge < -0.3 is 10.4 Å². The molecule has 2 aromatic rings. The molecule has 1 aromatic carbocycles. The first kappa shape index (κ1) is 11.4. The van der Waals surface area contributed by atoms with Gasteiger partial charge in [-0.25, -0.2) is 4.98 Å². The number of fused-ring (bicyclic) bond motifs is 1. The number of nitrogens with zero attached hydrogens (tertiary/aromatic N) is 1. The minimum Gasteiger partial charge on any atom is -0.508 e. The van der Waals surface area contributed by atoms with Crippen molar-refractivity contribution >= 4 is 17.3 Å². The van der Waals surface area contributed by atoms with Gasteiger partial charge in [0.1, 0.15) is 10.9 Å². The van der Waals surface area contributed by atoms with Crippen LogP contribution in [0.4, 0.5) is 5.69 Å². The number of aryl methyl sites for hydroxylation is 1. The van der Waals surface area contributed by atoms with Crippen LogP contribution in [0.1, 0.15) is 23.6 Å². The predicted molar refractivity (Wildman–Crippen MR) is 72.0 cm³/mol. The molecule has 1 aromatic heterocycles. The Morgan fingerprint density at radius 3 is 2.94 bits per heavy atom. The molecule has 92 valence electrons. The van der Waals surface area contributed by atoms with E-state index in [9.17, 15) is 5.11 Å². The Morgan fingerprint density at radius 1 is 1.28 bits per heavy atom. The molecule has 0 aliphatic heterocycles. The van der Waals surface area contributed by atoms with Crippen LogP contribution < -0.4 is 5.32 Å². The summed E-state index contributed by atoms with van der Waals surface area (Å²) >= 11 is 5.76. The van der Waals surface area contributed by atoms with Crippen molar-refractivity contribution in [2.75, 3.05) is 5.32 Å². The molecule has 18 heavy (non-hydrogen) atoms. The van der Waals surface area contributed by atoms with Crippen LogP contribution in [0.5, 0.6) is 5.75 Å². The molecule has 3 nitrogen and oxygen atoms in total. The van der Waals surface area contributed by atoms with Gasteiger partial charge in [-0.05, 0) is 48.2 Å². The second kappa shape index (κ2) is 4.50. The zero-order valence-electron chi connectivity index (χ0n) is 9.73. The number of benzene rings is 1. The van der Waals surface area contributed by atoms with E-state index in [1.54, 1.807) is 18.3 Å². The number of aromatic hydroxyl groups is 1. The molecule has 1 aliphatic rings. The Morgan fingerprint density at radius 2 is 2.17 bits per heavy atom. The normalized spacial score (nSPS) is 17.5. The largest absolute Gasteiger partial charge is 0.508 e. The van der Waals surface area contributed by atoms with Gasteiger partial charge in [-0.1, -0.05) is 17.7 Å². The van der Waals surface area contributed by atoms with Gasteiger partial charge in [0.15, 0.2) is 0 Å². The molecule has 0 saturated carbocycles. The van der Waals surface area contributed by atoms with E-state index in [0.717, 1.165) is 18.5 Å². The molecule has 4 heteroatoms. The molecular weight excluding hydrogens is 248 g/mol. The zero-order valence-corrected chi connectivity index (χ0v) is 10.5. The van der Waals surface area contributed by atoms with Crippen molar-refractivity contribution in [3.05, 3.63) is 52.8 Å². The van der Waals surface area contributed by atoms with Crippen LogP contribution >= 0.6 is 11.6 Å². The highest BCUT2D eigenvalue weighted by atomic mass is 35.5. The number of phenols is 1. The maximum Gasteiger partial charge on any atom is 0.129 e. The number of hydrogen-bond donors (Lipinski definition) is 2. The van der Waals surface area contributed by atoms with Crippen LogP contribution in [0.15, 0.2) is 36.5 Å². The second-order valence-electron chi connectivity index (χ2n) is 4.49. The lowest BCUT2D eigenvalue weighted by atomic mass is 10.1. The van der Waals surface area contributed by atoms with Gasteiger partial charge in [0.25, 0.3) is 0 Å². The fraction of sp³-hybridized carbons (Fsp3) is 0.214. The summed E-state index contributed by atoms with van der Waals surface area (Å²) in [6, 6.07) is 9.54. The topological polar surface area (TPSA) is 45.1 Å². The quantitative estimate of drug-likeness (QED) is 0.812. The maximum atomic E-state index is 9.46. The third-order valence-corrected chi connectivity index (χ3v) is 3.50. The Hall–Kier alpha value is -1.74. The van der Waals surface area contributed by atoms with Crippen molar-refractivity contribution in [3.63, 3.8) is 0 Å². The van der Waals surface area contributed by atoms with Gasteiger partial charge in [0.2, 0.25) is 0 Å². The summed E-state index contributed by atoms with van der Waals surface area (Å²) in [7, 11) is 0. The number of anilines is 1. The highest BCUT2D eigenvalue weighted by molar-refractivity contribution is 6.29. The molecular formula is C14H13ClN2O. The summed E-state index contributed by atoms with van der Waals surface area (Å²) in [6.45, 7) is 0. The van der Waals surface area contributed by atoms with Crippen molar-refractivity contribution in [1.29, 1.82) is 0 Å². The Balaban J connectivity index is 1.82. The van der Waals surface area contributed by atoms with E-state index < -0.39 is 0 Å². The highest BCUT2D eigenvalue weighted by Gasteiger charge is 2.22. The number of nitrogens with one attached hydrogen (secondary N) is 1. The van der Waals surface area contributed by atoms with E-state index in [-0.39, 0.29) is 6.04 Å². The van der Waals surface area contributed by atoms with Crippen LogP contribution in [-0.4, -0.2) is 10.1 Å². The van der Waals surface area contributed by atoms with Crippen molar-refractivity contribution in [2.45, 2.75) is 18.9 Å². The number of aromatic nitrogens is 1. The van der Waals surface area contributed by atoms with Crippen molar-refractivity contribution in [1.82, 2.24) is 4.98 Å². The SMILES string of the molecule is Oc1ccc2c(c1)CCC2Nc1ccc(Cl)nc1. The van der Waals surface area contributed by atoms with Gasteiger partial charge in [-0.3, -0.25) is 0 Å². The van der Waals surface area contributed by atoms with Crippen molar-refractivity contribution in [2.24, 2.45) is 0 Å². The van der Waals surface area contributed by atoms with E-state index in [1.165, 1.54) is 11.1 Å². The first-order chi connectivity index (χ1) is 8.72. The standard InChI is InChI=1S/C14H13ClN2O/c15-14-6-2-10(8-16-14)17-13-5-1-9-7-11(18)3-4-12(9)13/h2-4,6-8,13,17-18H,1,5H2. The lowest BCUT2D eigenvalue weighted by molar-refractivity contribution is 0.474. The Bertz CT molecular complexity index is 569. The molecule has 2 N–H and O–H groups in total. The molecule has 0 radical (unpaired) electrons. The zero-order chi connectivity index (χ0) is 12.5. The molecule has 0 saturated heterocycles. The molecule has 0 bridgehead atoms. The maximum absolute atomic E-state index is 9.46. The summed E-state index contributed by atoms with van der Waals surface area (Å²) in [5.41, 5.74) is 3.43. The fourth-order valence-corrected chi connectivity index (χ4v) is 2.53. The van der Waals surface area contributed by atoms with E-state index in [1.807, 2.05) is 18.2 Å². The molecule has 0 fully saturated rings. The minimum absolute atomic E-state index is 0.281. The van der Waals surface area contributed by atoms with E-state index in [2.05, 4.69) is 10.3 Å². The third kappa shape index (κ3) is 2.14. The molecule has 3 rings (SSSR count). The van der Waals surface area contributed by atoms with Crippen LogP contribution in [0.25, 0.3) is 0 Å². The van der Waals surface area contributed by atoms with E-state index in [0.29, 0.717) is 10.9 Å². The summed E-state index contributed by atoms with van der Waals surface area (Å²) in [5.74, 6) is 0.336. The summed E-state index contributed by atoms with van der Waals surface area (Å²) in [5, 5.41) is 13.4. The number of pyridine rings is 1. The molecule has 1 aliphatic carbocycles. The average Bonchev–Trinajstić information content (AvgIpc) is 2.74. The van der Waals surface area contributed by atoms with E-state index in [4.69, 9.17) is 11.6 Å². The number of hydrogen-bond acceptors (Lipinski definition) is 3. The third-order valence-electron chi connectivity index (χ3n) is 3.27. The summed E-state index contributed by atoms with van der Waals surface area (Å²) in [6.07, 6.45) is 3.75. The molecule has 1 unspecified atom stereocenters. The van der Waals surface area contributed by atoms with Crippen LogP contribution in [0, 0.1) is 0 Å². The van der Waals surface area contributed by atoms with Gasteiger partial charge in [-0.2, -0.15) is 0 Å². The lowest BCUT2D eigenvalue weighted by Crippen LogP contribution is -2.07. The number of phenolic OH excluding ortho intramolecular Hbond substituents is 1. The smallest absolute Gasteiger partial charge is 0.129 e. The van der Waals surface area contributed by atoms with Gasteiger partial charge >= 0.3 is 0 Å². The molecule has 1 heterocycles. The first-order valence-corrected chi connectivity index (χ1v) is 6.30. The van der Waals surface area contributed by atoms with Gasteiger partial charge in [0.05, 0.1) is 17.9 Å². The highest BCUT2D eigenvalue weighted by Crippen LogP contribution is 2.35. The summed E-state index contributed by atoms with van der Waals surface area (Å²) < 4.78 is 0. The minimum atomic E-state index is 0.281. The van der Waals surface area contributed by atoms with Crippen LogP contribution in [0.3, 0.4) is 0 Å². The Kier molecular flexibility index (Phi) is 2.84. The second-order valence-corrected chi connectivity index (χ2v) is 4.88. The van der Waals surface area contributed by atoms with Crippen LogP contribution in [0.2, 0.25) is 5.15 Å². The van der Waals surface area contributed by atoms with Crippen molar-refractivity contribution in [3.8, 4) is 5.75 Å². The van der Waals surface area contributed by atoms with Gasteiger partial charge in [-0.15, -0.1) is 0 Å². The molecule has 1 atom stereocenters. The molecule has 0 amide bonds. The lowest BCUT2D eigenvalue weighted by Gasteiger charge is -2.15. The van der Waals surface area contributed by atoms with E-state index >= 15 is 0 Å². The average molecular weight is 261 g/mol. The molecule has 0 spiro atoms.